The van der Waals surface area contributed by atoms with Crippen LogP contribution in [0.4, 0.5) is 0 Å². The molecule has 0 saturated carbocycles. The average Bonchev–Trinajstić information content (AvgIpc) is 2.53. The number of nitrogens with zero attached hydrogens (tertiary/aromatic N) is 1. The fourth-order valence-electron chi connectivity index (χ4n) is 3.66. The summed E-state index contributed by atoms with van der Waals surface area (Å²) < 4.78 is 1.59. The number of benzene rings is 1. The van der Waals surface area contributed by atoms with Crippen LogP contribution in [0.2, 0.25) is 0 Å². The third-order valence-corrected chi connectivity index (χ3v) is 7.02. The van der Waals surface area contributed by atoms with Crippen LogP contribution in [0.1, 0.15) is 58.4 Å². The van der Waals surface area contributed by atoms with Crippen LogP contribution in [0, 0.1) is 5.92 Å². The number of piperidine rings is 1. The number of rotatable bonds is 6. The fourth-order valence-corrected chi connectivity index (χ4v) is 5.06. The zero-order chi connectivity index (χ0) is 17.0. The molecule has 2 rings (SSSR count). The van der Waals surface area contributed by atoms with Gasteiger partial charge in [-0.3, -0.25) is 0 Å². The Morgan fingerprint density at radius 2 is 2.00 bits per heavy atom. The molecule has 0 aliphatic carbocycles. The highest BCUT2D eigenvalue weighted by Gasteiger charge is 2.39. The van der Waals surface area contributed by atoms with Crippen LogP contribution in [-0.2, 0) is 5.41 Å². The second-order valence-electron chi connectivity index (χ2n) is 7.19. The maximum absolute atomic E-state index is 10.2. The van der Waals surface area contributed by atoms with Gasteiger partial charge < -0.3 is 10.0 Å². The highest BCUT2D eigenvalue weighted by Crippen LogP contribution is 2.46. The summed E-state index contributed by atoms with van der Waals surface area (Å²) in [5, 5.41) is 10.2. The van der Waals surface area contributed by atoms with Gasteiger partial charge in [0.1, 0.15) is 5.75 Å². The van der Waals surface area contributed by atoms with Gasteiger partial charge in [0.2, 0.25) is 0 Å². The smallest absolute Gasteiger partial charge is 0.144 e. The third kappa shape index (κ3) is 4.32. The summed E-state index contributed by atoms with van der Waals surface area (Å²) in [5.74, 6) is 0.886. The number of likely N-dealkylation sites (tertiary alicyclic amines) is 1. The van der Waals surface area contributed by atoms with Crippen molar-refractivity contribution in [2.45, 2.75) is 58.3 Å². The molecule has 1 aliphatic rings. The molecule has 0 amide bonds. The Morgan fingerprint density at radius 3 is 2.65 bits per heavy atom. The number of halogens is 2. The Balaban J connectivity index is 2.06. The van der Waals surface area contributed by atoms with Gasteiger partial charge in [-0.2, -0.15) is 0 Å². The van der Waals surface area contributed by atoms with Gasteiger partial charge in [-0.25, -0.2) is 0 Å². The Labute approximate surface area is 157 Å². The zero-order valence-electron chi connectivity index (χ0n) is 14.5. The molecule has 1 aromatic carbocycles. The van der Waals surface area contributed by atoms with Gasteiger partial charge in [0, 0.05) is 6.54 Å². The van der Waals surface area contributed by atoms with Crippen LogP contribution in [0.25, 0.3) is 0 Å². The van der Waals surface area contributed by atoms with E-state index in [1.165, 1.54) is 37.8 Å². The second-order valence-corrected chi connectivity index (χ2v) is 8.83. The lowest BCUT2D eigenvalue weighted by molar-refractivity contribution is 0.109. The molecule has 0 aromatic heterocycles. The van der Waals surface area contributed by atoms with Gasteiger partial charge in [-0.1, -0.05) is 46.1 Å². The van der Waals surface area contributed by atoms with Crippen molar-refractivity contribution in [1.82, 2.24) is 4.90 Å². The minimum Gasteiger partial charge on any atom is -0.506 e. The van der Waals surface area contributed by atoms with E-state index < -0.39 is 0 Å². The molecule has 2 atom stereocenters. The lowest BCUT2D eigenvalue weighted by Gasteiger charge is -2.45. The van der Waals surface area contributed by atoms with Gasteiger partial charge >= 0.3 is 0 Å². The largest absolute Gasteiger partial charge is 0.506 e. The monoisotopic (exact) mass is 445 g/mol. The average molecular weight is 447 g/mol. The van der Waals surface area contributed by atoms with Gasteiger partial charge in [-0.15, -0.1) is 0 Å². The molecule has 130 valence electrons. The predicted molar refractivity (Wildman–Crippen MR) is 105 cm³/mol. The van der Waals surface area contributed by atoms with Crippen molar-refractivity contribution in [3.8, 4) is 5.75 Å². The summed E-state index contributed by atoms with van der Waals surface area (Å²) in [7, 11) is 0. The van der Waals surface area contributed by atoms with Crippen LogP contribution >= 0.6 is 31.9 Å². The van der Waals surface area contributed by atoms with Gasteiger partial charge in [-0.05, 0) is 80.8 Å². The van der Waals surface area contributed by atoms with Crippen molar-refractivity contribution in [2.24, 2.45) is 5.92 Å². The molecule has 0 spiro atoms. The first-order valence-corrected chi connectivity index (χ1v) is 10.4. The number of hydrogen-bond donors (Lipinski definition) is 1. The molecule has 4 heteroatoms. The number of unbranched alkanes of at least 4 members (excludes halogenated alkanes) is 3. The number of phenols is 1. The second kappa shape index (κ2) is 8.35. The Morgan fingerprint density at radius 1 is 1.26 bits per heavy atom. The van der Waals surface area contributed by atoms with E-state index in [1.54, 1.807) is 0 Å². The van der Waals surface area contributed by atoms with E-state index in [-0.39, 0.29) is 5.41 Å². The van der Waals surface area contributed by atoms with E-state index in [4.69, 9.17) is 0 Å². The maximum Gasteiger partial charge on any atom is 0.144 e. The van der Waals surface area contributed by atoms with E-state index in [0.29, 0.717) is 11.7 Å². The summed E-state index contributed by atoms with van der Waals surface area (Å²) >= 11 is 7.01. The quantitative estimate of drug-likeness (QED) is 0.533. The van der Waals surface area contributed by atoms with E-state index in [9.17, 15) is 5.11 Å². The third-order valence-electron chi connectivity index (χ3n) is 5.58. The van der Waals surface area contributed by atoms with Crippen LogP contribution in [0.5, 0.6) is 5.75 Å². The van der Waals surface area contributed by atoms with Crippen LogP contribution in [0.3, 0.4) is 0 Å². The molecule has 1 N–H and O–H groups in total. The molecule has 0 radical (unpaired) electrons. The van der Waals surface area contributed by atoms with E-state index in [1.807, 2.05) is 6.07 Å². The van der Waals surface area contributed by atoms with E-state index in [2.05, 4.69) is 63.6 Å². The summed E-state index contributed by atoms with van der Waals surface area (Å²) in [6.07, 6.45) is 6.47. The minimum absolute atomic E-state index is 0.108. The first-order chi connectivity index (χ1) is 10.9. The first-order valence-electron chi connectivity index (χ1n) is 8.80. The molecule has 1 heterocycles. The van der Waals surface area contributed by atoms with Crippen molar-refractivity contribution in [2.75, 3.05) is 19.6 Å². The van der Waals surface area contributed by atoms with Gasteiger partial charge in [0.25, 0.3) is 0 Å². The number of aromatic hydroxyl groups is 1. The van der Waals surface area contributed by atoms with Crippen molar-refractivity contribution in [3.05, 3.63) is 26.6 Å². The van der Waals surface area contributed by atoms with Crippen LogP contribution in [0.15, 0.2) is 21.1 Å². The summed E-state index contributed by atoms with van der Waals surface area (Å²) in [4.78, 5) is 2.62. The van der Waals surface area contributed by atoms with Crippen molar-refractivity contribution in [3.63, 3.8) is 0 Å². The molecular weight excluding hydrogens is 418 g/mol. The summed E-state index contributed by atoms with van der Waals surface area (Å²) in [6.45, 7) is 10.5. The fraction of sp³-hybridized carbons (Fsp3) is 0.684. The number of phenolic OH excluding ortho intramolecular Hbond substituents is 1. The van der Waals surface area contributed by atoms with Crippen molar-refractivity contribution in [1.29, 1.82) is 0 Å². The summed E-state index contributed by atoms with van der Waals surface area (Å²) in [5.41, 5.74) is 1.34. The molecule has 2 unspecified atom stereocenters. The number of hydrogen-bond acceptors (Lipinski definition) is 2. The summed E-state index contributed by atoms with van der Waals surface area (Å²) in [6, 6.07) is 4.12. The van der Waals surface area contributed by atoms with Crippen molar-refractivity contribution < 1.29 is 5.11 Å². The van der Waals surface area contributed by atoms with Crippen LogP contribution in [-0.4, -0.2) is 29.6 Å². The molecule has 2 nitrogen and oxygen atoms in total. The highest BCUT2D eigenvalue weighted by molar-refractivity contribution is 9.11. The normalized spacial score (nSPS) is 25.7. The molecular formula is C19H29Br2NO. The highest BCUT2D eigenvalue weighted by atomic mass is 79.9. The van der Waals surface area contributed by atoms with Gasteiger partial charge in [0.15, 0.2) is 0 Å². The maximum atomic E-state index is 10.2. The molecule has 1 saturated heterocycles. The Hall–Kier alpha value is -0.0600. The van der Waals surface area contributed by atoms with Crippen molar-refractivity contribution >= 4 is 31.9 Å². The topological polar surface area (TPSA) is 23.5 Å². The SMILES string of the molecule is CCCCCCN1CCC(C)(c2ccc(Br)c(O)c2Br)C(C)C1. The zero-order valence-corrected chi connectivity index (χ0v) is 17.7. The standard InChI is InChI=1S/C19H29Br2NO/c1-4-5-6-7-11-22-12-10-19(3,14(2)13-22)15-8-9-16(20)18(23)17(15)21/h8-9,14,23H,4-7,10-13H2,1-3H3. The van der Waals surface area contributed by atoms with Crippen LogP contribution < -0.4 is 0 Å². The molecule has 1 aliphatic heterocycles. The molecule has 1 aromatic rings. The molecule has 23 heavy (non-hydrogen) atoms. The predicted octanol–water partition coefficient (Wildman–Crippen LogP) is 6.10. The molecule has 1 fully saturated rings. The minimum atomic E-state index is 0.108. The Kier molecular flexibility index (Phi) is 7.00. The van der Waals surface area contributed by atoms with E-state index >= 15 is 0 Å². The van der Waals surface area contributed by atoms with Gasteiger partial charge in [0.05, 0.1) is 8.95 Å². The lowest BCUT2D eigenvalue weighted by Crippen LogP contribution is -2.47. The lowest BCUT2D eigenvalue weighted by atomic mass is 9.68. The van der Waals surface area contributed by atoms with E-state index in [0.717, 1.165) is 28.5 Å². The Bertz CT molecular complexity index is 534. The molecule has 0 bridgehead atoms. The first kappa shape index (κ1) is 19.3.